The number of aliphatic carboxylic acids is 1. The van der Waals surface area contributed by atoms with Crippen molar-refractivity contribution in [3.63, 3.8) is 0 Å². The lowest BCUT2D eigenvalue weighted by Crippen LogP contribution is -2.63. The van der Waals surface area contributed by atoms with Crippen LogP contribution < -0.4 is 0 Å². The molecule has 1 amide bonds. The average molecular weight is 275 g/mol. The molecular formula is C15H17NO4. The van der Waals surface area contributed by atoms with Crippen LogP contribution in [0.2, 0.25) is 0 Å². The van der Waals surface area contributed by atoms with Crippen LogP contribution in [0.25, 0.3) is 0 Å². The highest BCUT2D eigenvalue weighted by atomic mass is 16.6. The highest BCUT2D eigenvalue weighted by Gasteiger charge is 2.50. The highest BCUT2D eigenvalue weighted by molar-refractivity contribution is 5.73. The smallest absolute Gasteiger partial charge is 0.410 e. The molecule has 5 nitrogen and oxygen atoms in total. The van der Waals surface area contributed by atoms with E-state index in [1.54, 1.807) is 4.90 Å². The molecule has 0 aromatic heterocycles. The maximum atomic E-state index is 12.0. The summed E-state index contributed by atoms with van der Waals surface area (Å²) in [6.07, 6.45) is 1.68. The summed E-state index contributed by atoms with van der Waals surface area (Å²) in [4.78, 5) is 24.7. The second-order valence-electron chi connectivity index (χ2n) is 5.50. The maximum Gasteiger partial charge on any atom is 0.410 e. The number of carboxylic acid groups (broad SMARTS) is 1. The number of carboxylic acids is 1. The van der Waals surface area contributed by atoms with Crippen LogP contribution in [0.4, 0.5) is 4.79 Å². The summed E-state index contributed by atoms with van der Waals surface area (Å²) in [5.41, 5.74) is 0.954. The zero-order valence-electron chi connectivity index (χ0n) is 11.1. The molecule has 2 saturated heterocycles. The van der Waals surface area contributed by atoms with Gasteiger partial charge in [-0.15, -0.1) is 0 Å². The minimum absolute atomic E-state index is 0.0399. The van der Waals surface area contributed by atoms with Crippen LogP contribution in [0.5, 0.6) is 0 Å². The fraction of sp³-hybridized carbons (Fsp3) is 0.467. The Hall–Kier alpha value is -2.04. The van der Waals surface area contributed by atoms with E-state index < -0.39 is 5.97 Å². The number of nitrogens with zero attached hydrogens (tertiary/aromatic N) is 1. The number of amides is 1. The number of piperidine rings is 1. The third kappa shape index (κ3) is 2.35. The lowest BCUT2D eigenvalue weighted by molar-refractivity contribution is -0.149. The number of benzene rings is 1. The Morgan fingerprint density at radius 1 is 1.15 bits per heavy atom. The Morgan fingerprint density at radius 2 is 1.80 bits per heavy atom. The zero-order valence-corrected chi connectivity index (χ0v) is 11.1. The van der Waals surface area contributed by atoms with Crippen molar-refractivity contribution in [2.24, 2.45) is 5.92 Å². The fourth-order valence-corrected chi connectivity index (χ4v) is 3.17. The summed E-state index contributed by atoms with van der Waals surface area (Å²) in [7, 11) is 0. The SMILES string of the molecule is O=C(O)C1CC2CC(C1)N2C(=O)OCc1ccccc1. The molecule has 2 heterocycles. The zero-order chi connectivity index (χ0) is 14.1. The molecule has 106 valence electrons. The van der Waals surface area contributed by atoms with Gasteiger partial charge in [0.1, 0.15) is 6.61 Å². The van der Waals surface area contributed by atoms with Crippen LogP contribution in [0.15, 0.2) is 30.3 Å². The molecule has 1 aromatic rings. The van der Waals surface area contributed by atoms with Crippen molar-refractivity contribution >= 4 is 12.1 Å². The first-order valence-electron chi connectivity index (χ1n) is 6.87. The summed E-state index contributed by atoms with van der Waals surface area (Å²) in [5.74, 6) is -1.06. The molecule has 5 heteroatoms. The Kier molecular flexibility index (Phi) is 3.34. The Morgan fingerprint density at radius 3 is 2.40 bits per heavy atom. The van der Waals surface area contributed by atoms with Crippen LogP contribution in [0.1, 0.15) is 24.8 Å². The van der Waals surface area contributed by atoms with Crippen LogP contribution in [0.3, 0.4) is 0 Å². The van der Waals surface area contributed by atoms with Crippen molar-refractivity contribution in [2.75, 3.05) is 0 Å². The molecule has 2 bridgehead atoms. The molecule has 2 unspecified atom stereocenters. The Labute approximate surface area is 117 Å². The molecule has 20 heavy (non-hydrogen) atoms. The molecule has 1 saturated carbocycles. The van der Waals surface area contributed by atoms with Crippen LogP contribution >= 0.6 is 0 Å². The average Bonchev–Trinajstić information content (AvgIpc) is 2.46. The first-order chi connectivity index (χ1) is 9.65. The third-order valence-electron chi connectivity index (χ3n) is 4.21. The van der Waals surface area contributed by atoms with Crippen molar-refractivity contribution in [3.05, 3.63) is 35.9 Å². The predicted octanol–water partition coefficient (Wildman–Crippen LogP) is 2.26. The molecule has 2 aliphatic heterocycles. The van der Waals surface area contributed by atoms with Crippen LogP contribution in [-0.4, -0.2) is 34.2 Å². The lowest BCUT2D eigenvalue weighted by atomic mass is 9.74. The second kappa shape index (κ2) is 5.15. The fourth-order valence-electron chi connectivity index (χ4n) is 3.17. The first kappa shape index (κ1) is 13.0. The molecule has 1 aromatic carbocycles. The number of carbonyl (C=O) groups is 2. The Bertz CT molecular complexity index is 504. The molecule has 0 spiro atoms. The van der Waals surface area contributed by atoms with Gasteiger partial charge in [0.2, 0.25) is 0 Å². The molecule has 0 radical (unpaired) electrons. The molecule has 4 rings (SSSR count). The van der Waals surface area contributed by atoms with Gasteiger partial charge in [0.15, 0.2) is 0 Å². The number of hydrogen-bond donors (Lipinski definition) is 1. The van der Waals surface area contributed by atoms with Gasteiger partial charge in [0.25, 0.3) is 0 Å². The summed E-state index contributed by atoms with van der Waals surface area (Å²) in [6, 6.07) is 9.61. The summed E-state index contributed by atoms with van der Waals surface area (Å²) >= 11 is 0. The Balaban J connectivity index is 1.54. The predicted molar refractivity (Wildman–Crippen MR) is 71.0 cm³/mol. The molecular weight excluding hydrogens is 258 g/mol. The van der Waals surface area contributed by atoms with Crippen molar-refractivity contribution < 1.29 is 19.4 Å². The molecule has 1 N–H and O–H groups in total. The monoisotopic (exact) mass is 275 g/mol. The van der Waals surface area contributed by atoms with Crippen LogP contribution in [0, 0.1) is 5.92 Å². The lowest BCUT2D eigenvalue weighted by Gasteiger charge is -2.53. The highest BCUT2D eigenvalue weighted by Crippen LogP contribution is 2.41. The molecule has 3 fully saturated rings. The van der Waals surface area contributed by atoms with Crippen molar-refractivity contribution in [1.82, 2.24) is 4.90 Å². The quantitative estimate of drug-likeness (QED) is 0.918. The van der Waals surface area contributed by atoms with E-state index in [1.807, 2.05) is 30.3 Å². The van der Waals surface area contributed by atoms with Crippen molar-refractivity contribution in [2.45, 2.75) is 38.0 Å². The number of ether oxygens (including phenoxy) is 1. The van der Waals surface area contributed by atoms with Gasteiger partial charge in [0.05, 0.1) is 5.92 Å². The van der Waals surface area contributed by atoms with Gasteiger partial charge < -0.3 is 14.7 Å². The van der Waals surface area contributed by atoms with Gasteiger partial charge in [-0.05, 0) is 24.8 Å². The van der Waals surface area contributed by atoms with E-state index in [-0.39, 0.29) is 30.7 Å². The number of fused-ring (bicyclic) bond motifs is 2. The van der Waals surface area contributed by atoms with E-state index in [0.717, 1.165) is 12.0 Å². The van der Waals surface area contributed by atoms with Gasteiger partial charge >= 0.3 is 12.1 Å². The largest absolute Gasteiger partial charge is 0.481 e. The summed E-state index contributed by atoms with van der Waals surface area (Å²) in [5, 5.41) is 9.02. The van der Waals surface area contributed by atoms with E-state index in [9.17, 15) is 9.59 Å². The second-order valence-corrected chi connectivity index (χ2v) is 5.50. The maximum absolute atomic E-state index is 12.0. The minimum atomic E-state index is -0.753. The van der Waals surface area contributed by atoms with E-state index in [2.05, 4.69) is 0 Å². The normalized spacial score (nSPS) is 27.6. The minimum Gasteiger partial charge on any atom is -0.481 e. The number of carbonyl (C=O) groups excluding carboxylic acids is 1. The molecule has 3 aliphatic rings. The van der Waals surface area contributed by atoms with Gasteiger partial charge in [0, 0.05) is 12.1 Å². The van der Waals surface area contributed by atoms with E-state index in [4.69, 9.17) is 9.84 Å². The van der Waals surface area contributed by atoms with E-state index in [1.165, 1.54) is 0 Å². The van der Waals surface area contributed by atoms with Crippen molar-refractivity contribution in [1.29, 1.82) is 0 Å². The van der Waals surface area contributed by atoms with E-state index >= 15 is 0 Å². The molecule has 1 aliphatic carbocycles. The standard InChI is InChI=1S/C15H17NO4/c17-14(18)11-6-12-8-13(7-11)16(12)15(19)20-9-10-4-2-1-3-5-10/h1-5,11-13H,6-9H2,(H,17,18). The first-order valence-corrected chi connectivity index (χ1v) is 6.87. The third-order valence-corrected chi connectivity index (χ3v) is 4.21. The molecule has 2 atom stereocenters. The number of hydrogen-bond acceptors (Lipinski definition) is 3. The van der Waals surface area contributed by atoms with Crippen molar-refractivity contribution in [3.8, 4) is 0 Å². The van der Waals surface area contributed by atoms with Gasteiger partial charge in [-0.25, -0.2) is 4.79 Å². The topological polar surface area (TPSA) is 66.8 Å². The summed E-state index contributed by atoms with van der Waals surface area (Å²) in [6.45, 7) is 0.262. The van der Waals surface area contributed by atoms with Crippen LogP contribution in [-0.2, 0) is 16.1 Å². The summed E-state index contributed by atoms with van der Waals surface area (Å²) < 4.78 is 5.30. The van der Waals surface area contributed by atoms with E-state index in [0.29, 0.717) is 12.8 Å². The number of rotatable bonds is 3. The van der Waals surface area contributed by atoms with Gasteiger partial charge in [-0.1, -0.05) is 30.3 Å². The van der Waals surface area contributed by atoms with Gasteiger partial charge in [-0.2, -0.15) is 0 Å². The van der Waals surface area contributed by atoms with Gasteiger partial charge in [-0.3, -0.25) is 4.79 Å².